The summed E-state index contributed by atoms with van der Waals surface area (Å²) in [6, 6.07) is 3.20. The Kier molecular flexibility index (Phi) is 3.79. The molecule has 1 saturated carbocycles. The van der Waals surface area contributed by atoms with Gasteiger partial charge in [0.05, 0.1) is 6.54 Å². The van der Waals surface area contributed by atoms with E-state index in [1.807, 2.05) is 0 Å². The van der Waals surface area contributed by atoms with Crippen LogP contribution >= 0.6 is 0 Å². The molecular weight excluding hydrogens is 252 g/mol. The molecule has 0 saturated heterocycles. The van der Waals surface area contributed by atoms with Gasteiger partial charge in [0.2, 0.25) is 5.09 Å². The lowest BCUT2D eigenvalue weighted by molar-refractivity contribution is 0.170. The van der Waals surface area contributed by atoms with Gasteiger partial charge in [-0.2, -0.15) is 0 Å². The van der Waals surface area contributed by atoms with E-state index in [4.69, 9.17) is 4.42 Å². The van der Waals surface area contributed by atoms with Gasteiger partial charge in [-0.15, -0.1) is 0 Å². The van der Waals surface area contributed by atoms with Crippen molar-refractivity contribution in [2.75, 3.05) is 7.05 Å². The van der Waals surface area contributed by atoms with E-state index in [-0.39, 0.29) is 10.6 Å². The molecule has 18 heavy (non-hydrogen) atoms. The van der Waals surface area contributed by atoms with Gasteiger partial charge >= 0.3 is 0 Å². The van der Waals surface area contributed by atoms with Crippen LogP contribution in [0.15, 0.2) is 21.6 Å². The molecule has 0 atom stereocenters. The lowest BCUT2D eigenvalue weighted by Gasteiger charge is -2.42. The third-order valence-corrected chi connectivity index (χ3v) is 5.08. The van der Waals surface area contributed by atoms with Crippen molar-refractivity contribution >= 4 is 10.0 Å². The number of sulfonamides is 1. The van der Waals surface area contributed by atoms with E-state index in [2.05, 4.69) is 17.0 Å². The molecule has 1 aromatic heterocycles. The molecule has 2 N–H and O–H groups in total. The summed E-state index contributed by atoms with van der Waals surface area (Å²) in [6.07, 6.45) is 4.73. The van der Waals surface area contributed by atoms with Crippen LogP contribution in [0.2, 0.25) is 0 Å². The Morgan fingerprint density at radius 2 is 2.11 bits per heavy atom. The largest absolute Gasteiger partial charge is 0.447 e. The summed E-state index contributed by atoms with van der Waals surface area (Å²) < 4.78 is 30.6. The fourth-order valence-corrected chi connectivity index (χ4v) is 2.90. The summed E-state index contributed by atoms with van der Waals surface area (Å²) in [6.45, 7) is 2.75. The summed E-state index contributed by atoms with van der Waals surface area (Å²) in [4.78, 5) is 0. The first-order valence-corrected chi connectivity index (χ1v) is 7.77. The average molecular weight is 272 g/mol. The topological polar surface area (TPSA) is 71.3 Å². The lowest BCUT2D eigenvalue weighted by atomic mass is 9.75. The third kappa shape index (κ3) is 2.60. The minimum Gasteiger partial charge on any atom is -0.447 e. The highest BCUT2D eigenvalue weighted by atomic mass is 32.2. The molecule has 2 rings (SSSR count). The summed E-state index contributed by atoms with van der Waals surface area (Å²) >= 11 is 0. The monoisotopic (exact) mass is 272 g/mol. The highest BCUT2D eigenvalue weighted by Crippen LogP contribution is 2.34. The molecule has 1 fully saturated rings. The Morgan fingerprint density at radius 1 is 1.39 bits per heavy atom. The molecule has 1 heterocycles. The normalized spacial score (nSPS) is 18.6. The predicted octanol–water partition coefficient (Wildman–Crippen LogP) is 1.61. The van der Waals surface area contributed by atoms with Crippen LogP contribution in [0.3, 0.4) is 0 Å². The molecule has 102 valence electrons. The average Bonchev–Trinajstić information content (AvgIpc) is 2.78. The molecular formula is C12H20N2O3S. The summed E-state index contributed by atoms with van der Waals surface area (Å²) in [7, 11) is -2.10. The fraction of sp³-hybridized carbons (Fsp3) is 0.667. The summed E-state index contributed by atoms with van der Waals surface area (Å²) in [5.41, 5.74) is 0.231. The Balaban J connectivity index is 1.99. The van der Waals surface area contributed by atoms with E-state index >= 15 is 0 Å². The first kappa shape index (κ1) is 13.6. The highest BCUT2D eigenvalue weighted by Gasteiger charge is 2.34. The molecule has 1 aromatic rings. The zero-order valence-corrected chi connectivity index (χ0v) is 11.6. The van der Waals surface area contributed by atoms with Crippen molar-refractivity contribution in [2.45, 2.75) is 49.8 Å². The smallest absolute Gasteiger partial charge is 0.273 e. The Morgan fingerprint density at radius 3 is 2.61 bits per heavy atom. The maximum absolute atomic E-state index is 11.5. The number of furan rings is 1. The summed E-state index contributed by atoms with van der Waals surface area (Å²) in [5.74, 6) is 0.656. The van der Waals surface area contributed by atoms with Crippen LogP contribution in [0, 0.1) is 0 Å². The highest BCUT2D eigenvalue weighted by molar-refractivity contribution is 7.89. The van der Waals surface area contributed by atoms with Gasteiger partial charge in [0, 0.05) is 5.54 Å². The third-order valence-electron chi connectivity index (χ3n) is 3.80. The van der Waals surface area contributed by atoms with Crippen molar-refractivity contribution in [2.24, 2.45) is 0 Å². The number of hydrogen-bond acceptors (Lipinski definition) is 4. The second kappa shape index (κ2) is 5.03. The predicted molar refractivity (Wildman–Crippen MR) is 68.7 cm³/mol. The van der Waals surface area contributed by atoms with E-state index in [9.17, 15) is 8.42 Å². The minimum atomic E-state index is -3.47. The van der Waals surface area contributed by atoms with Crippen LogP contribution in [0.5, 0.6) is 0 Å². The van der Waals surface area contributed by atoms with Crippen LogP contribution < -0.4 is 10.0 Å². The van der Waals surface area contributed by atoms with E-state index in [1.165, 1.54) is 32.4 Å². The molecule has 6 heteroatoms. The molecule has 0 amide bonds. The van der Waals surface area contributed by atoms with Crippen LogP contribution in [-0.4, -0.2) is 21.0 Å². The van der Waals surface area contributed by atoms with Crippen molar-refractivity contribution in [1.29, 1.82) is 0 Å². The van der Waals surface area contributed by atoms with Gasteiger partial charge in [-0.05, 0) is 44.9 Å². The van der Waals surface area contributed by atoms with Crippen molar-refractivity contribution in [3.05, 3.63) is 17.9 Å². The van der Waals surface area contributed by atoms with E-state index in [0.717, 1.165) is 6.42 Å². The second-order valence-electron chi connectivity index (χ2n) is 4.77. The minimum absolute atomic E-state index is 0.0269. The molecule has 0 bridgehead atoms. The molecule has 0 unspecified atom stereocenters. The Labute approximate surface area is 108 Å². The van der Waals surface area contributed by atoms with Crippen molar-refractivity contribution in [3.63, 3.8) is 0 Å². The van der Waals surface area contributed by atoms with Gasteiger partial charge in [-0.25, -0.2) is 13.1 Å². The second-order valence-corrected chi connectivity index (χ2v) is 6.59. The zero-order valence-electron chi connectivity index (χ0n) is 10.8. The zero-order chi connectivity index (χ0) is 13.2. The molecule has 0 aromatic carbocycles. The summed E-state index contributed by atoms with van der Waals surface area (Å²) in [5, 5.41) is 3.45. The molecule has 0 aliphatic heterocycles. The van der Waals surface area contributed by atoms with E-state index in [0.29, 0.717) is 12.3 Å². The molecule has 1 aliphatic carbocycles. The van der Waals surface area contributed by atoms with Crippen molar-refractivity contribution < 1.29 is 12.8 Å². The van der Waals surface area contributed by atoms with Crippen LogP contribution in [0.25, 0.3) is 0 Å². The molecule has 0 radical (unpaired) electrons. The number of nitrogens with one attached hydrogen (secondary N) is 2. The van der Waals surface area contributed by atoms with Gasteiger partial charge in [0.15, 0.2) is 0 Å². The van der Waals surface area contributed by atoms with Gasteiger partial charge in [0.1, 0.15) is 5.76 Å². The van der Waals surface area contributed by atoms with Gasteiger partial charge in [-0.1, -0.05) is 6.92 Å². The SMILES string of the molecule is CCC1(NCc2ccc(S(=O)(=O)NC)o2)CCC1. The first-order valence-electron chi connectivity index (χ1n) is 6.29. The first-order chi connectivity index (χ1) is 8.51. The molecule has 0 spiro atoms. The maximum Gasteiger partial charge on any atom is 0.273 e. The van der Waals surface area contributed by atoms with Gasteiger partial charge in [0.25, 0.3) is 10.0 Å². The van der Waals surface area contributed by atoms with Crippen molar-refractivity contribution in [3.8, 4) is 0 Å². The standard InChI is InChI=1S/C12H20N2O3S/c1-3-12(7-4-8-12)14-9-10-5-6-11(17-10)18(15,16)13-2/h5-6,13-14H,3-4,7-9H2,1-2H3. The van der Waals surface area contributed by atoms with Crippen LogP contribution in [-0.2, 0) is 16.6 Å². The molecule has 5 nitrogen and oxygen atoms in total. The number of rotatable bonds is 6. The van der Waals surface area contributed by atoms with E-state index < -0.39 is 10.0 Å². The lowest BCUT2D eigenvalue weighted by Crippen LogP contribution is -2.49. The Hall–Kier alpha value is -0.850. The Bertz CT molecular complexity index is 498. The van der Waals surface area contributed by atoms with Crippen molar-refractivity contribution in [1.82, 2.24) is 10.0 Å². The fourth-order valence-electron chi connectivity index (χ4n) is 2.23. The van der Waals surface area contributed by atoms with E-state index in [1.54, 1.807) is 6.07 Å². The van der Waals surface area contributed by atoms with Gasteiger partial charge in [-0.3, -0.25) is 0 Å². The van der Waals surface area contributed by atoms with Gasteiger partial charge < -0.3 is 9.73 Å². The quantitative estimate of drug-likeness (QED) is 0.825. The van der Waals surface area contributed by atoms with Crippen LogP contribution in [0.4, 0.5) is 0 Å². The molecule has 1 aliphatic rings. The van der Waals surface area contributed by atoms with Crippen LogP contribution in [0.1, 0.15) is 38.4 Å². The maximum atomic E-state index is 11.5. The number of hydrogen-bond donors (Lipinski definition) is 2.